The number of rotatable bonds is 5. The van der Waals surface area contributed by atoms with E-state index in [4.69, 9.17) is 0 Å². The van der Waals surface area contributed by atoms with Crippen LogP contribution in [0.25, 0.3) is 5.69 Å². The number of anilines is 1. The average molecular weight is 465 g/mol. The van der Waals surface area contributed by atoms with Crippen LogP contribution in [-0.2, 0) is 12.6 Å². The topological polar surface area (TPSA) is 66.8 Å². The molecule has 6 nitrogen and oxygen atoms in total. The highest BCUT2D eigenvalue weighted by molar-refractivity contribution is 6.10. The van der Waals surface area contributed by atoms with Crippen LogP contribution in [0.4, 0.5) is 18.9 Å². The van der Waals surface area contributed by atoms with Crippen LogP contribution in [0.1, 0.15) is 52.8 Å². The largest absolute Gasteiger partial charge is 0.416 e. The Labute approximate surface area is 194 Å². The fraction of sp³-hybridized carbons (Fsp3) is 0.240. The van der Waals surface area contributed by atoms with Crippen LogP contribution in [0.5, 0.6) is 0 Å². The zero-order chi connectivity index (χ0) is 24.0. The van der Waals surface area contributed by atoms with Gasteiger partial charge in [-0.15, -0.1) is 0 Å². The zero-order valence-corrected chi connectivity index (χ0v) is 18.5. The van der Waals surface area contributed by atoms with Crippen LogP contribution < -0.4 is 4.90 Å². The maximum atomic E-state index is 13.5. The molecule has 0 spiro atoms. The number of nitrogens with zero attached hydrogens (tertiary/aromatic N) is 4. The fourth-order valence-corrected chi connectivity index (χ4v) is 4.43. The van der Waals surface area contributed by atoms with Crippen molar-refractivity contribution in [3.05, 3.63) is 95.3 Å². The van der Waals surface area contributed by atoms with E-state index in [-0.39, 0.29) is 17.5 Å². The number of aromatic nitrogens is 4. The second-order valence-electron chi connectivity index (χ2n) is 8.75. The lowest BCUT2D eigenvalue weighted by atomic mass is 9.94. The summed E-state index contributed by atoms with van der Waals surface area (Å²) in [6.45, 7) is 4.08. The van der Waals surface area contributed by atoms with E-state index in [0.29, 0.717) is 23.2 Å². The first kappa shape index (κ1) is 21.9. The van der Waals surface area contributed by atoms with Crippen molar-refractivity contribution in [3.8, 4) is 5.69 Å². The number of amides is 1. The van der Waals surface area contributed by atoms with E-state index < -0.39 is 17.8 Å². The molecule has 2 aromatic heterocycles. The molecule has 0 fully saturated rings. The first-order valence-corrected chi connectivity index (χ1v) is 10.9. The predicted molar refractivity (Wildman–Crippen MR) is 121 cm³/mol. The van der Waals surface area contributed by atoms with Gasteiger partial charge in [0.2, 0.25) is 0 Å². The number of halogens is 3. The summed E-state index contributed by atoms with van der Waals surface area (Å²) in [5.74, 6) is -0.0793. The lowest BCUT2D eigenvalue weighted by Crippen LogP contribution is -2.29. The van der Waals surface area contributed by atoms with Crippen molar-refractivity contribution in [2.75, 3.05) is 4.90 Å². The molecule has 34 heavy (non-hydrogen) atoms. The summed E-state index contributed by atoms with van der Waals surface area (Å²) in [6, 6.07) is 11.7. The summed E-state index contributed by atoms with van der Waals surface area (Å²) in [5, 5.41) is 7.21. The lowest BCUT2D eigenvalue weighted by Gasteiger charge is -2.27. The van der Waals surface area contributed by atoms with Crippen molar-refractivity contribution < 1.29 is 18.0 Å². The third-order valence-electron chi connectivity index (χ3n) is 5.91. The van der Waals surface area contributed by atoms with E-state index in [0.717, 1.165) is 23.5 Å². The van der Waals surface area contributed by atoms with Gasteiger partial charge in [0.25, 0.3) is 5.91 Å². The number of imidazole rings is 1. The number of hydrogen-bond donors (Lipinski definition) is 1. The monoisotopic (exact) mass is 465 g/mol. The van der Waals surface area contributed by atoms with E-state index in [9.17, 15) is 18.0 Å². The molecular formula is C25H22F3N5O. The first-order valence-electron chi connectivity index (χ1n) is 10.9. The summed E-state index contributed by atoms with van der Waals surface area (Å²) in [4.78, 5) is 19.1. The van der Waals surface area contributed by atoms with Gasteiger partial charge in [-0.3, -0.25) is 14.8 Å². The molecule has 1 amide bonds. The van der Waals surface area contributed by atoms with E-state index in [1.54, 1.807) is 36.9 Å². The SMILES string of the molecule is CC(C)Cc1[nH]nc2c1C(c1cccc(C(F)(F)F)c1)N(c1ccc(-n3ccnc3)cc1)C2=O. The number of nitrogens with one attached hydrogen (secondary N) is 1. The minimum atomic E-state index is -4.49. The van der Waals surface area contributed by atoms with Crippen LogP contribution >= 0.6 is 0 Å². The van der Waals surface area contributed by atoms with Gasteiger partial charge >= 0.3 is 6.18 Å². The number of aromatic amines is 1. The van der Waals surface area contributed by atoms with Gasteiger partial charge in [-0.25, -0.2) is 4.98 Å². The Hall–Kier alpha value is -3.88. The molecule has 3 heterocycles. The Morgan fingerprint density at radius 3 is 2.47 bits per heavy atom. The minimum Gasteiger partial charge on any atom is -0.306 e. The third-order valence-corrected chi connectivity index (χ3v) is 5.91. The Morgan fingerprint density at radius 1 is 1.09 bits per heavy atom. The van der Waals surface area contributed by atoms with Crippen molar-refractivity contribution in [1.82, 2.24) is 19.7 Å². The van der Waals surface area contributed by atoms with Crippen LogP contribution in [0.3, 0.4) is 0 Å². The summed E-state index contributed by atoms with van der Waals surface area (Å²) in [5.41, 5.74) is 2.70. The molecule has 1 aliphatic heterocycles. The highest BCUT2D eigenvalue weighted by Gasteiger charge is 2.43. The highest BCUT2D eigenvalue weighted by Crippen LogP contribution is 2.44. The average Bonchev–Trinajstić information content (AvgIpc) is 3.52. The van der Waals surface area contributed by atoms with Gasteiger partial charge in [-0.1, -0.05) is 26.0 Å². The number of benzene rings is 2. The second-order valence-corrected chi connectivity index (χ2v) is 8.75. The molecular weight excluding hydrogens is 443 g/mol. The minimum absolute atomic E-state index is 0.247. The molecule has 1 aliphatic rings. The number of carbonyl (C=O) groups excluding carboxylic acids is 1. The van der Waals surface area contributed by atoms with Crippen molar-refractivity contribution in [2.45, 2.75) is 32.5 Å². The summed E-state index contributed by atoms with van der Waals surface area (Å²) in [7, 11) is 0. The first-order chi connectivity index (χ1) is 16.2. The molecule has 0 radical (unpaired) electrons. The zero-order valence-electron chi connectivity index (χ0n) is 18.5. The second kappa shape index (κ2) is 8.16. The summed E-state index contributed by atoms with van der Waals surface area (Å²) >= 11 is 0. The molecule has 1 N–H and O–H groups in total. The number of H-pyrrole nitrogens is 1. The van der Waals surface area contributed by atoms with Gasteiger partial charge in [0.1, 0.15) is 0 Å². The van der Waals surface area contributed by atoms with E-state index in [1.807, 2.05) is 30.5 Å². The lowest BCUT2D eigenvalue weighted by molar-refractivity contribution is -0.137. The fourth-order valence-electron chi connectivity index (χ4n) is 4.43. The van der Waals surface area contributed by atoms with Gasteiger partial charge < -0.3 is 4.57 Å². The number of alkyl halides is 3. The van der Waals surface area contributed by atoms with Gasteiger partial charge in [0.05, 0.1) is 17.9 Å². The van der Waals surface area contributed by atoms with Crippen molar-refractivity contribution in [3.63, 3.8) is 0 Å². The molecule has 1 atom stereocenters. The van der Waals surface area contributed by atoms with E-state index in [2.05, 4.69) is 15.2 Å². The molecule has 9 heteroatoms. The van der Waals surface area contributed by atoms with Crippen LogP contribution in [0.15, 0.2) is 67.3 Å². The molecule has 5 rings (SSSR count). The van der Waals surface area contributed by atoms with Crippen molar-refractivity contribution in [2.24, 2.45) is 5.92 Å². The van der Waals surface area contributed by atoms with E-state index in [1.165, 1.54) is 11.0 Å². The quantitative estimate of drug-likeness (QED) is 0.420. The number of carbonyl (C=O) groups is 1. The summed E-state index contributed by atoms with van der Waals surface area (Å²) in [6.07, 6.45) is 1.26. The number of fused-ring (bicyclic) bond motifs is 1. The molecule has 1 unspecified atom stereocenters. The van der Waals surface area contributed by atoms with Gasteiger partial charge in [0, 0.05) is 35.0 Å². The smallest absolute Gasteiger partial charge is 0.306 e. The number of hydrogen-bond acceptors (Lipinski definition) is 3. The Balaban J connectivity index is 1.63. The molecule has 0 saturated heterocycles. The molecule has 2 aromatic carbocycles. The molecule has 0 aliphatic carbocycles. The predicted octanol–water partition coefficient (Wildman–Crippen LogP) is 5.56. The van der Waals surface area contributed by atoms with Gasteiger partial charge in [-0.05, 0) is 54.3 Å². The van der Waals surface area contributed by atoms with Crippen LogP contribution in [0, 0.1) is 5.92 Å². The van der Waals surface area contributed by atoms with E-state index >= 15 is 0 Å². The maximum Gasteiger partial charge on any atom is 0.416 e. The van der Waals surface area contributed by atoms with Crippen LogP contribution in [-0.4, -0.2) is 25.7 Å². The van der Waals surface area contributed by atoms with Crippen molar-refractivity contribution >= 4 is 11.6 Å². The molecule has 0 bridgehead atoms. The normalized spacial score (nSPS) is 15.9. The highest BCUT2D eigenvalue weighted by atomic mass is 19.4. The summed E-state index contributed by atoms with van der Waals surface area (Å²) < 4.78 is 42.4. The van der Waals surface area contributed by atoms with Gasteiger partial charge in [-0.2, -0.15) is 18.3 Å². The third kappa shape index (κ3) is 3.76. The Kier molecular flexibility index (Phi) is 5.27. The Bertz CT molecular complexity index is 1320. The van der Waals surface area contributed by atoms with Crippen molar-refractivity contribution in [1.29, 1.82) is 0 Å². The standard InChI is InChI=1S/C25H22F3N5O/c1-15(2)12-20-21-22(31-30-20)24(34)33(19-8-6-18(7-9-19)32-11-10-29-14-32)23(21)16-4-3-5-17(13-16)25(26,27)28/h3-11,13-15,23H,12H2,1-2H3,(H,30,31). The van der Waals surface area contributed by atoms with Crippen LogP contribution in [0.2, 0.25) is 0 Å². The van der Waals surface area contributed by atoms with Gasteiger partial charge in [0.15, 0.2) is 5.69 Å². The molecule has 4 aromatic rings. The maximum absolute atomic E-state index is 13.5. The molecule has 0 saturated carbocycles. The Morgan fingerprint density at radius 2 is 1.82 bits per heavy atom. The molecule has 174 valence electrons.